The monoisotopic (exact) mass is 488 g/mol. The summed E-state index contributed by atoms with van der Waals surface area (Å²) in [5.41, 5.74) is -0.198. The van der Waals surface area contributed by atoms with Crippen LogP contribution in [-0.4, -0.2) is 44.0 Å². The van der Waals surface area contributed by atoms with Gasteiger partial charge in [-0.05, 0) is 72.8 Å². The lowest BCUT2D eigenvalue weighted by Gasteiger charge is -2.24. The first-order chi connectivity index (χ1) is 15.7. The zero-order valence-electron chi connectivity index (χ0n) is 17.8. The van der Waals surface area contributed by atoms with Gasteiger partial charge in [-0.25, -0.2) is 17.8 Å². The highest BCUT2D eigenvalue weighted by atomic mass is 35.5. The van der Waals surface area contributed by atoms with Gasteiger partial charge in [0, 0.05) is 16.3 Å². The van der Waals surface area contributed by atoms with E-state index in [0.29, 0.717) is 22.3 Å². The SMILES string of the molecule is CCS(=O)(=O)c1ccc(N2CC(O)(COc3ccc(F)cc3)N=C2c2ccc(Cl)cc2)cc1. The molecule has 3 aromatic carbocycles. The second kappa shape index (κ2) is 9.13. The quantitative estimate of drug-likeness (QED) is 0.536. The Morgan fingerprint density at radius 1 is 1.06 bits per heavy atom. The first-order valence-electron chi connectivity index (χ1n) is 10.3. The number of aliphatic imine (C=N–C) groups is 1. The molecule has 1 heterocycles. The Bertz CT molecular complexity index is 1260. The molecule has 0 spiro atoms. The van der Waals surface area contributed by atoms with Crippen molar-refractivity contribution < 1.29 is 22.7 Å². The fourth-order valence-corrected chi connectivity index (χ4v) is 4.47. The van der Waals surface area contributed by atoms with Gasteiger partial charge in [-0.3, -0.25) is 0 Å². The van der Waals surface area contributed by atoms with Crippen LogP contribution in [0.5, 0.6) is 5.75 Å². The predicted octanol–water partition coefficient (Wildman–Crippen LogP) is 4.31. The van der Waals surface area contributed by atoms with E-state index in [4.69, 9.17) is 16.3 Å². The number of nitrogens with zero attached hydrogens (tertiary/aromatic N) is 2. The molecule has 0 amide bonds. The topological polar surface area (TPSA) is 79.2 Å². The van der Waals surface area contributed by atoms with Crippen LogP contribution in [0.15, 0.2) is 82.7 Å². The Kier molecular flexibility index (Phi) is 6.43. The third-order valence-electron chi connectivity index (χ3n) is 5.25. The maximum Gasteiger partial charge on any atom is 0.210 e. The number of rotatable bonds is 7. The highest BCUT2D eigenvalue weighted by molar-refractivity contribution is 7.91. The molecule has 3 aromatic rings. The Morgan fingerprint density at radius 3 is 2.30 bits per heavy atom. The van der Waals surface area contributed by atoms with Crippen molar-refractivity contribution in [1.82, 2.24) is 0 Å². The van der Waals surface area contributed by atoms with Crippen LogP contribution in [0, 0.1) is 5.82 Å². The summed E-state index contributed by atoms with van der Waals surface area (Å²) in [7, 11) is -3.33. The highest BCUT2D eigenvalue weighted by Gasteiger charge is 2.39. The van der Waals surface area contributed by atoms with Crippen LogP contribution < -0.4 is 9.64 Å². The zero-order chi connectivity index (χ0) is 23.6. The van der Waals surface area contributed by atoms with E-state index in [2.05, 4.69) is 4.99 Å². The number of hydrogen-bond donors (Lipinski definition) is 1. The standard InChI is InChI=1S/C24H22ClFN2O4S/c1-2-33(30,31)22-13-9-20(10-14-22)28-15-24(29,16-32-21-11-7-19(26)8-12-21)27-23(28)17-3-5-18(25)6-4-17/h3-14,29H,2,15-16H2,1H3. The molecule has 0 bridgehead atoms. The molecule has 0 saturated heterocycles. The van der Waals surface area contributed by atoms with Gasteiger partial charge in [0.1, 0.15) is 24.0 Å². The predicted molar refractivity (Wildman–Crippen MR) is 126 cm³/mol. The lowest BCUT2D eigenvalue weighted by molar-refractivity contribution is 0.0177. The van der Waals surface area contributed by atoms with Gasteiger partial charge in [-0.15, -0.1) is 0 Å². The minimum atomic E-state index is -3.33. The summed E-state index contributed by atoms with van der Waals surface area (Å²) in [6.45, 7) is 1.51. The van der Waals surface area contributed by atoms with E-state index in [1.54, 1.807) is 60.4 Å². The third kappa shape index (κ3) is 5.19. The Balaban J connectivity index is 1.64. The van der Waals surface area contributed by atoms with Gasteiger partial charge >= 0.3 is 0 Å². The van der Waals surface area contributed by atoms with E-state index in [1.165, 1.54) is 24.3 Å². The molecule has 0 aromatic heterocycles. The molecule has 0 fully saturated rings. The zero-order valence-corrected chi connectivity index (χ0v) is 19.4. The normalized spacial score (nSPS) is 18.3. The van der Waals surface area contributed by atoms with Crippen LogP contribution >= 0.6 is 11.6 Å². The maximum atomic E-state index is 13.2. The molecule has 6 nitrogen and oxygen atoms in total. The molecule has 33 heavy (non-hydrogen) atoms. The van der Waals surface area contributed by atoms with Gasteiger partial charge in [-0.1, -0.05) is 18.5 Å². The van der Waals surface area contributed by atoms with Crippen LogP contribution in [0.2, 0.25) is 5.02 Å². The molecule has 1 aliphatic heterocycles. The van der Waals surface area contributed by atoms with Crippen molar-refractivity contribution in [2.24, 2.45) is 4.99 Å². The van der Waals surface area contributed by atoms with Crippen LogP contribution in [0.25, 0.3) is 0 Å². The van der Waals surface area contributed by atoms with Gasteiger partial charge in [0.05, 0.1) is 17.2 Å². The lowest BCUT2D eigenvalue weighted by Crippen LogP contribution is -2.40. The molecule has 0 saturated carbocycles. The molecule has 4 rings (SSSR count). The largest absolute Gasteiger partial charge is 0.488 e. The molecule has 1 aliphatic rings. The van der Waals surface area contributed by atoms with Crippen LogP contribution in [0.4, 0.5) is 10.1 Å². The van der Waals surface area contributed by atoms with Crippen molar-refractivity contribution in [2.75, 3.05) is 23.8 Å². The highest BCUT2D eigenvalue weighted by Crippen LogP contribution is 2.30. The minimum absolute atomic E-state index is 0.00796. The van der Waals surface area contributed by atoms with E-state index in [9.17, 15) is 17.9 Å². The first-order valence-corrected chi connectivity index (χ1v) is 12.3. The molecular weight excluding hydrogens is 467 g/mol. The Hall–Kier alpha value is -2.94. The molecule has 0 aliphatic carbocycles. The van der Waals surface area contributed by atoms with Crippen LogP contribution in [0.3, 0.4) is 0 Å². The van der Waals surface area contributed by atoms with Crippen molar-refractivity contribution in [1.29, 1.82) is 0 Å². The van der Waals surface area contributed by atoms with Gasteiger partial charge in [-0.2, -0.15) is 0 Å². The number of anilines is 1. The molecule has 1 N–H and O–H groups in total. The van der Waals surface area contributed by atoms with Crippen molar-refractivity contribution >= 4 is 33.0 Å². The summed E-state index contributed by atoms with van der Waals surface area (Å²) < 4.78 is 43.1. The Morgan fingerprint density at radius 2 is 1.70 bits per heavy atom. The van der Waals surface area contributed by atoms with Gasteiger partial charge in [0.2, 0.25) is 5.72 Å². The lowest BCUT2D eigenvalue weighted by atomic mass is 10.1. The number of benzene rings is 3. The Labute approximate surface area is 196 Å². The molecular formula is C24H22ClFN2O4S. The minimum Gasteiger partial charge on any atom is -0.488 e. The first kappa shape index (κ1) is 23.2. The van der Waals surface area contributed by atoms with E-state index >= 15 is 0 Å². The molecule has 1 atom stereocenters. The third-order valence-corrected chi connectivity index (χ3v) is 7.26. The van der Waals surface area contributed by atoms with Crippen LogP contribution in [-0.2, 0) is 9.84 Å². The second-order valence-electron chi connectivity index (χ2n) is 7.65. The molecule has 172 valence electrons. The smallest absolute Gasteiger partial charge is 0.210 e. The molecule has 1 unspecified atom stereocenters. The summed E-state index contributed by atoms with van der Waals surface area (Å²) in [6.07, 6.45) is 0. The summed E-state index contributed by atoms with van der Waals surface area (Å²) in [5, 5.41) is 11.8. The van der Waals surface area contributed by atoms with Crippen molar-refractivity contribution in [3.8, 4) is 5.75 Å². The van der Waals surface area contributed by atoms with E-state index in [-0.39, 0.29) is 29.6 Å². The fraction of sp³-hybridized carbons (Fsp3) is 0.208. The average molecular weight is 489 g/mol. The average Bonchev–Trinajstić information content (AvgIpc) is 3.17. The van der Waals surface area contributed by atoms with Crippen molar-refractivity contribution in [2.45, 2.75) is 17.5 Å². The number of β-amino-alcohol motifs (C(OH)–C–C–N with tert-alkyl or cyclic N) is 1. The summed E-state index contributed by atoms with van der Waals surface area (Å²) in [4.78, 5) is 6.56. The van der Waals surface area contributed by atoms with E-state index in [0.717, 1.165) is 5.56 Å². The number of sulfone groups is 1. The van der Waals surface area contributed by atoms with E-state index in [1.807, 2.05) is 0 Å². The maximum absolute atomic E-state index is 13.2. The number of aliphatic hydroxyl groups is 1. The number of hydrogen-bond acceptors (Lipinski definition) is 6. The summed E-state index contributed by atoms with van der Waals surface area (Å²) in [5.74, 6) is 0.516. The van der Waals surface area contributed by atoms with Crippen molar-refractivity contribution in [3.05, 3.63) is 89.2 Å². The summed E-state index contributed by atoms with van der Waals surface area (Å²) in [6, 6.07) is 19.0. The number of amidine groups is 1. The molecule has 0 radical (unpaired) electrons. The van der Waals surface area contributed by atoms with Crippen molar-refractivity contribution in [3.63, 3.8) is 0 Å². The van der Waals surface area contributed by atoms with Gasteiger partial charge in [0.25, 0.3) is 0 Å². The van der Waals surface area contributed by atoms with E-state index < -0.39 is 15.6 Å². The number of halogens is 2. The molecule has 9 heteroatoms. The summed E-state index contributed by atoms with van der Waals surface area (Å²) >= 11 is 6.02. The fourth-order valence-electron chi connectivity index (χ4n) is 3.46. The second-order valence-corrected chi connectivity index (χ2v) is 10.4. The van der Waals surface area contributed by atoms with Crippen LogP contribution in [0.1, 0.15) is 12.5 Å². The number of ether oxygens (including phenoxy) is 1. The van der Waals surface area contributed by atoms with Gasteiger partial charge in [0.15, 0.2) is 9.84 Å². The van der Waals surface area contributed by atoms with Gasteiger partial charge < -0.3 is 14.7 Å².